The SMILES string of the molecule is CCCCC[C@@H](N=C=O)[C@H](O)C(=O)OCC. The van der Waals surface area contributed by atoms with E-state index in [9.17, 15) is 14.7 Å². The van der Waals surface area contributed by atoms with Crippen LogP contribution in [0.3, 0.4) is 0 Å². The molecule has 0 aromatic heterocycles. The second kappa shape index (κ2) is 9.07. The van der Waals surface area contributed by atoms with Crippen LogP contribution in [0.25, 0.3) is 0 Å². The van der Waals surface area contributed by atoms with Crippen LogP contribution in [0.4, 0.5) is 0 Å². The molecule has 0 aliphatic carbocycles. The van der Waals surface area contributed by atoms with Crippen molar-refractivity contribution in [3.8, 4) is 0 Å². The molecule has 0 bridgehead atoms. The molecule has 0 amide bonds. The van der Waals surface area contributed by atoms with Gasteiger partial charge in [0, 0.05) is 0 Å². The number of rotatable bonds is 8. The van der Waals surface area contributed by atoms with Gasteiger partial charge in [-0.3, -0.25) is 0 Å². The van der Waals surface area contributed by atoms with Crippen LogP contribution in [-0.4, -0.2) is 35.9 Å². The van der Waals surface area contributed by atoms with E-state index < -0.39 is 18.1 Å². The summed E-state index contributed by atoms with van der Waals surface area (Å²) in [5.41, 5.74) is 0. The van der Waals surface area contributed by atoms with E-state index in [1.165, 1.54) is 6.08 Å². The predicted octanol–water partition coefficient (Wildman–Crippen LogP) is 1.20. The molecule has 0 rings (SSSR count). The molecule has 0 spiro atoms. The van der Waals surface area contributed by atoms with E-state index in [2.05, 4.69) is 9.73 Å². The van der Waals surface area contributed by atoms with Gasteiger partial charge in [0.2, 0.25) is 6.08 Å². The minimum atomic E-state index is -1.36. The number of isocyanates is 1. The Bertz CT molecular complexity index is 248. The van der Waals surface area contributed by atoms with Gasteiger partial charge in [0.05, 0.1) is 12.6 Å². The smallest absolute Gasteiger partial charge is 0.337 e. The largest absolute Gasteiger partial charge is 0.464 e. The highest BCUT2D eigenvalue weighted by atomic mass is 16.5. The normalized spacial score (nSPS) is 13.7. The number of unbranched alkanes of at least 4 members (excludes halogenated alkanes) is 2. The summed E-state index contributed by atoms with van der Waals surface area (Å²) in [4.78, 5) is 24.9. The summed E-state index contributed by atoms with van der Waals surface area (Å²) in [6.07, 6.45) is 3.31. The molecule has 5 nitrogen and oxygen atoms in total. The lowest BCUT2D eigenvalue weighted by Gasteiger charge is -2.15. The Morgan fingerprint density at radius 1 is 1.44 bits per heavy atom. The molecule has 0 aliphatic rings. The van der Waals surface area contributed by atoms with Crippen LogP contribution in [0.5, 0.6) is 0 Å². The minimum absolute atomic E-state index is 0.197. The quantitative estimate of drug-likeness (QED) is 0.293. The number of carbonyl (C=O) groups excluding carboxylic acids is 2. The molecular formula is C11H19NO4. The van der Waals surface area contributed by atoms with Gasteiger partial charge in [-0.2, -0.15) is 4.99 Å². The molecule has 2 atom stereocenters. The Balaban J connectivity index is 4.27. The lowest BCUT2D eigenvalue weighted by atomic mass is 10.0. The molecule has 16 heavy (non-hydrogen) atoms. The van der Waals surface area contributed by atoms with Gasteiger partial charge in [-0.1, -0.05) is 26.2 Å². The Kier molecular flexibility index (Phi) is 8.39. The highest BCUT2D eigenvalue weighted by molar-refractivity contribution is 5.75. The van der Waals surface area contributed by atoms with Crippen molar-refractivity contribution in [1.82, 2.24) is 0 Å². The highest BCUT2D eigenvalue weighted by Crippen LogP contribution is 2.11. The van der Waals surface area contributed by atoms with Gasteiger partial charge in [0.15, 0.2) is 6.10 Å². The van der Waals surface area contributed by atoms with Crippen molar-refractivity contribution >= 4 is 12.0 Å². The van der Waals surface area contributed by atoms with E-state index in [0.29, 0.717) is 6.42 Å². The molecule has 0 heterocycles. The van der Waals surface area contributed by atoms with Crippen molar-refractivity contribution in [3.63, 3.8) is 0 Å². The molecule has 5 heteroatoms. The molecule has 0 fully saturated rings. The Morgan fingerprint density at radius 2 is 2.12 bits per heavy atom. The number of esters is 1. The molecule has 0 aromatic rings. The van der Waals surface area contributed by atoms with Crippen molar-refractivity contribution < 1.29 is 19.4 Å². The molecular weight excluding hydrogens is 210 g/mol. The van der Waals surface area contributed by atoms with Crippen molar-refractivity contribution in [2.75, 3.05) is 6.61 Å². The maximum Gasteiger partial charge on any atom is 0.337 e. The zero-order valence-corrected chi connectivity index (χ0v) is 9.81. The fourth-order valence-corrected chi connectivity index (χ4v) is 1.35. The molecule has 92 valence electrons. The zero-order valence-electron chi connectivity index (χ0n) is 9.81. The number of nitrogens with zero attached hydrogens (tertiary/aromatic N) is 1. The summed E-state index contributed by atoms with van der Waals surface area (Å²) >= 11 is 0. The standard InChI is InChI=1S/C11H19NO4/c1-3-5-6-7-9(12-8-13)10(14)11(15)16-4-2/h9-10,14H,3-7H2,1-2H3/t9-,10+/m1/s1. The van der Waals surface area contributed by atoms with Gasteiger partial charge in [0.25, 0.3) is 0 Å². The highest BCUT2D eigenvalue weighted by Gasteiger charge is 2.26. The molecule has 0 saturated carbocycles. The average molecular weight is 229 g/mol. The van der Waals surface area contributed by atoms with Crippen molar-refractivity contribution in [3.05, 3.63) is 0 Å². The van der Waals surface area contributed by atoms with E-state index in [4.69, 9.17) is 0 Å². The van der Waals surface area contributed by atoms with Crippen LogP contribution in [0.15, 0.2) is 4.99 Å². The van der Waals surface area contributed by atoms with E-state index in [1.54, 1.807) is 6.92 Å². The van der Waals surface area contributed by atoms with E-state index >= 15 is 0 Å². The molecule has 0 aliphatic heterocycles. The first-order valence-electron chi connectivity index (χ1n) is 5.59. The third-order valence-electron chi connectivity index (χ3n) is 2.21. The van der Waals surface area contributed by atoms with Gasteiger partial charge >= 0.3 is 5.97 Å². The number of aliphatic imine (C=N–C) groups is 1. The number of carbonyl (C=O) groups is 1. The summed E-state index contributed by atoms with van der Waals surface area (Å²) in [6.45, 7) is 3.89. The summed E-state index contributed by atoms with van der Waals surface area (Å²) in [5, 5.41) is 9.59. The average Bonchev–Trinajstić information content (AvgIpc) is 2.27. The van der Waals surface area contributed by atoms with Crippen LogP contribution in [0, 0.1) is 0 Å². The number of ether oxygens (including phenoxy) is 1. The van der Waals surface area contributed by atoms with Gasteiger partial charge in [-0.25, -0.2) is 9.59 Å². The number of hydrogen-bond donors (Lipinski definition) is 1. The first-order chi connectivity index (χ1) is 7.67. The molecule has 0 radical (unpaired) electrons. The van der Waals surface area contributed by atoms with Gasteiger partial charge < -0.3 is 9.84 Å². The third kappa shape index (κ3) is 5.63. The Labute approximate surface area is 95.5 Å². The topological polar surface area (TPSA) is 76.0 Å². The van der Waals surface area contributed by atoms with Crippen LogP contribution < -0.4 is 0 Å². The van der Waals surface area contributed by atoms with Crippen LogP contribution in [0.1, 0.15) is 39.5 Å². The Hall–Kier alpha value is -1.19. The van der Waals surface area contributed by atoms with E-state index in [0.717, 1.165) is 19.3 Å². The van der Waals surface area contributed by atoms with Gasteiger partial charge in [0.1, 0.15) is 0 Å². The number of aliphatic hydroxyl groups excluding tert-OH is 1. The second-order valence-corrected chi connectivity index (χ2v) is 3.48. The first-order valence-corrected chi connectivity index (χ1v) is 5.59. The molecule has 0 aromatic carbocycles. The molecule has 0 unspecified atom stereocenters. The second-order valence-electron chi connectivity index (χ2n) is 3.48. The lowest BCUT2D eigenvalue weighted by molar-refractivity contribution is -0.154. The van der Waals surface area contributed by atoms with Gasteiger partial charge in [-0.05, 0) is 13.3 Å². The van der Waals surface area contributed by atoms with Crippen molar-refractivity contribution in [2.24, 2.45) is 4.99 Å². The summed E-state index contributed by atoms with van der Waals surface area (Å²) in [7, 11) is 0. The number of aliphatic hydroxyl groups is 1. The minimum Gasteiger partial charge on any atom is -0.464 e. The number of hydrogen-bond acceptors (Lipinski definition) is 5. The van der Waals surface area contributed by atoms with E-state index in [-0.39, 0.29) is 6.61 Å². The molecule has 1 N–H and O–H groups in total. The monoisotopic (exact) mass is 229 g/mol. The van der Waals surface area contributed by atoms with Crippen LogP contribution in [-0.2, 0) is 14.3 Å². The maximum absolute atomic E-state index is 11.2. The summed E-state index contributed by atoms with van der Waals surface area (Å²) in [5.74, 6) is -0.733. The molecule has 0 saturated heterocycles. The van der Waals surface area contributed by atoms with Crippen molar-refractivity contribution in [1.29, 1.82) is 0 Å². The fraction of sp³-hybridized carbons (Fsp3) is 0.818. The van der Waals surface area contributed by atoms with Gasteiger partial charge in [-0.15, -0.1) is 0 Å². The summed E-state index contributed by atoms with van der Waals surface area (Å²) < 4.78 is 4.66. The van der Waals surface area contributed by atoms with E-state index in [1.807, 2.05) is 6.92 Å². The van der Waals surface area contributed by atoms with Crippen molar-refractivity contribution in [2.45, 2.75) is 51.7 Å². The fourth-order valence-electron chi connectivity index (χ4n) is 1.35. The predicted molar refractivity (Wildman–Crippen MR) is 58.7 cm³/mol. The third-order valence-corrected chi connectivity index (χ3v) is 2.21. The van der Waals surface area contributed by atoms with Crippen LogP contribution >= 0.6 is 0 Å². The maximum atomic E-state index is 11.2. The Morgan fingerprint density at radius 3 is 2.62 bits per heavy atom. The van der Waals surface area contributed by atoms with Crippen LogP contribution in [0.2, 0.25) is 0 Å². The lowest BCUT2D eigenvalue weighted by Crippen LogP contribution is -2.34. The first kappa shape index (κ1) is 14.8. The zero-order chi connectivity index (χ0) is 12.4. The summed E-state index contributed by atoms with van der Waals surface area (Å²) in [6, 6.07) is -0.733.